The Labute approximate surface area is 495 Å². The van der Waals surface area contributed by atoms with Crippen LogP contribution in [0.3, 0.4) is 0 Å². The zero-order valence-electron chi connectivity index (χ0n) is 48.6. The maximum absolute atomic E-state index is 16.1. The largest absolute Gasteiger partial charge is 0.507 e. The SMILES string of the molecule is CO[C@H]1CCO[C@@]2(C)Oc3c(C)c(O)c4c(O)c(c(/C=N/N5CCC(NC6(C7CCN(c8c(F)cc9c(=O)c(C(=O)O)cn(C%10CC%10)c9c8Cl)C7)CC6)CC5)c(O)c4c3C2=O)NC(=O)/C(C)=C\C=C\[C@H](C)[C@H](O)[C@@H](N)[C@@H](O)[C@@H](C)[C@H](OC(C)=O)C1. The third-order valence-corrected chi connectivity index (χ3v) is 18.7. The Morgan fingerprint density at radius 3 is 2.34 bits per heavy atom. The van der Waals surface area contributed by atoms with Crippen molar-refractivity contribution < 1.29 is 73.2 Å². The van der Waals surface area contributed by atoms with Crippen molar-refractivity contribution in [3.05, 3.63) is 79.4 Å². The summed E-state index contributed by atoms with van der Waals surface area (Å²) in [6.07, 6.45) is 8.52. The van der Waals surface area contributed by atoms with Crippen molar-refractivity contribution in [3.63, 3.8) is 0 Å². The van der Waals surface area contributed by atoms with Crippen LogP contribution in [0.1, 0.15) is 130 Å². The highest BCUT2D eigenvalue weighted by Crippen LogP contribution is 2.56. The molecule has 458 valence electrons. The van der Waals surface area contributed by atoms with Gasteiger partial charge in [-0.25, -0.2) is 9.18 Å². The number of allylic oxidation sites excluding steroid dienone is 2. The number of fused-ring (bicyclic) bond motifs is 16. The highest BCUT2D eigenvalue weighted by atomic mass is 35.5. The van der Waals surface area contributed by atoms with E-state index in [9.17, 15) is 54.6 Å². The number of amides is 1. The molecule has 0 spiro atoms. The van der Waals surface area contributed by atoms with Crippen LogP contribution >= 0.6 is 11.6 Å². The molecule has 0 radical (unpaired) electrons. The number of pyridine rings is 1. The number of nitrogens with two attached hydrogens (primary N) is 1. The number of ketones is 1. The van der Waals surface area contributed by atoms with Gasteiger partial charge in [0.15, 0.2) is 5.75 Å². The maximum Gasteiger partial charge on any atom is 0.341 e. The van der Waals surface area contributed by atoms with Gasteiger partial charge in [0.25, 0.3) is 11.7 Å². The average molecular weight is 1200 g/mol. The van der Waals surface area contributed by atoms with Gasteiger partial charge in [0.1, 0.15) is 34.7 Å². The number of ether oxygens (including phenoxy) is 4. The topological polar surface area (TPSA) is 318 Å². The molecular weight excluding hydrogens is 1130 g/mol. The molecule has 7 aliphatic rings. The van der Waals surface area contributed by atoms with Crippen LogP contribution in [0.25, 0.3) is 21.7 Å². The van der Waals surface area contributed by atoms with Gasteiger partial charge in [-0.15, -0.1) is 0 Å². The van der Waals surface area contributed by atoms with Crippen molar-refractivity contribution in [2.24, 2.45) is 28.6 Å². The highest BCUT2D eigenvalue weighted by molar-refractivity contribution is 6.38. The van der Waals surface area contributed by atoms with Gasteiger partial charge in [-0.1, -0.05) is 43.7 Å². The third-order valence-electron chi connectivity index (χ3n) is 18.3. The molecule has 4 fully saturated rings. The van der Waals surface area contributed by atoms with E-state index in [1.807, 2.05) is 4.90 Å². The fourth-order valence-electron chi connectivity index (χ4n) is 12.8. The van der Waals surface area contributed by atoms with Crippen molar-refractivity contribution in [1.82, 2.24) is 14.9 Å². The smallest absolute Gasteiger partial charge is 0.341 e. The van der Waals surface area contributed by atoms with Gasteiger partial charge in [-0.3, -0.25) is 24.2 Å². The van der Waals surface area contributed by atoms with Crippen LogP contribution in [0.4, 0.5) is 15.8 Å². The van der Waals surface area contributed by atoms with E-state index in [2.05, 4.69) is 10.6 Å². The van der Waals surface area contributed by atoms with Gasteiger partial charge in [-0.2, -0.15) is 5.10 Å². The Bertz CT molecular complexity index is 3520. The number of rotatable bonds is 10. The van der Waals surface area contributed by atoms with E-state index in [4.69, 9.17) is 41.4 Å². The van der Waals surface area contributed by atoms with Gasteiger partial charge in [-0.05, 0) is 77.2 Å². The second-order valence-corrected chi connectivity index (χ2v) is 24.4. The summed E-state index contributed by atoms with van der Waals surface area (Å²) in [5, 5.41) is 81.6. The number of methoxy groups -OCH3 is 1. The van der Waals surface area contributed by atoms with Gasteiger partial charge in [0, 0.05) is 106 Å². The zero-order valence-corrected chi connectivity index (χ0v) is 49.4. The number of aliphatic hydroxyl groups excluding tert-OH is 2. The monoisotopic (exact) mass is 1200 g/mol. The van der Waals surface area contributed by atoms with E-state index >= 15 is 4.39 Å². The number of carbonyl (C=O) groups is 4. The van der Waals surface area contributed by atoms with Crippen LogP contribution < -0.4 is 31.4 Å². The fourth-order valence-corrected chi connectivity index (χ4v) is 13.2. The van der Waals surface area contributed by atoms with E-state index in [1.54, 1.807) is 29.5 Å². The minimum Gasteiger partial charge on any atom is -0.507 e. The van der Waals surface area contributed by atoms with E-state index in [-0.39, 0.29) is 104 Å². The summed E-state index contributed by atoms with van der Waals surface area (Å²) in [5.41, 5.74) is 4.97. The maximum atomic E-state index is 16.1. The molecule has 22 nitrogen and oxygen atoms in total. The number of anilines is 2. The van der Waals surface area contributed by atoms with Crippen molar-refractivity contribution in [3.8, 4) is 23.0 Å². The highest BCUT2D eigenvalue weighted by Gasteiger charge is 2.53. The second-order valence-electron chi connectivity index (χ2n) is 24.1. The van der Waals surface area contributed by atoms with Crippen LogP contribution in [-0.2, 0) is 23.8 Å². The van der Waals surface area contributed by atoms with Gasteiger partial charge in [0.05, 0.1) is 81.0 Å². The molecule has 11 rings (SSSR count). The molecule has 1 amide bonds. The molecule has 85 heavy (non-hydrogen) atoms. The van der Waals surface area contributed by atoms with E-state index in [0.717, 1.165) is 38.2 Å². The van der Waals surface area contributed by atoms with Crippen molar-refractivity contribution in [2.45, 2.75) is 153 Å². The first-order chi connectivity index (χ1) is 40.3. The number of esters is 1. The van der Waals surface area contributed by atoms with E-state index in [0.29, 0.717) is 44.5 Å². The summed E-state index contributed by atoms with van der Waals surface area (Å²) in [5.74, 6) is -9.50. The minimum absolute atomic E-state index is 0.0301. The lowest BCUT2D eigenvalue weighted by Crippen LogP contribution is -2.52. The number of hydrazone groups is 1. The lowest BCUT2D eigenvalue weighted by molar-refractivity contribution is -0.156. The summed E-state index contributed by atoms with van der Waals surface area (Å²) in [4.78, 5) is 68.3. The molecule has 2 saturated heterocycles. The molecule has 1 unspecified atom stereocenters. The lowest BCUT2D eigenvalue weighted by atomic mass is 9.84. The number of carbonyl (C=O) groups excluding carboxylic acids is 3. The predicted molar refractivity (Wildman–Crippen MR) is 314 cm³/mol. The molecule has 24 heteroatoms. The summed E-state index contributed by atoms with van der Waals surface area (Å²) in [7, 11) is 1.44. The minimum atomic E-state index is -2.03. The summed E-state index contributed by atoms with van der Waals surface area (Å²) >= 11 is 7.02. The number of phenols is 3. The number of aromatic carboxylic acids is 1. The molecule has 2 aliphatic carbocycles. The predicted octanol–water partition coefficient (Wildman–Crippen LogP) is 6.66. The third kappa shape index (κ3) is 11.6. The molecule has 5 aliphatic heterocycles. The molecule has 9 atom stereocenters. The number of hydrogen-bond donors (Lipinski definition) is 9. The number of aromatic hydroxyl groups is 3. The van der Waals surface area contributed by atoms with Crippen LogP contribution in [-0.4, -0.2) is 158 Å². The number of nitrogens with zero attached hydrogens (tertiary/aromatic N) is 4. The Kier molecular flexibility index (Phi) is 17.1. The van der Waals surface area contributed by atoms with Gasteiger partial charge in [0.2, 0.25) is 11.2 Å². The molecule has 1 aromatic heterocycles. The number of nitrogens with one attached hydrogen (secondary N) is 2. The molecule has 4 aromatic rings. The Morgan fingerprint density at radius 1 is 0.988 bits per heavy atom. The van der Waals surface area contributed by atoms with Crippen molar-refractivity contribution in [2.75, 3.05) is 50.1 Å². The molecule has 3 aromatic carbocycles. The molecule has 5 bridgehead atoms. The average Bonchev–Trinajstić information content (AvgIpc) is 1.77. The number of Topliss-reactive ketones (excluding diaryl/α,β-unsaturated/α-hetero) is 1. The summed E-state index contributed by atoms with van der Waals surface area (Å²) < 4.78 is 41.7. The number of benzene rings is 3. The number of piperidine rings is 1. The Morgan fingerprint density at radius 2 is 1.69 bits per heavy atom. The number of aliphatic hydroxyl groups is 2. The van der Waals surface area contributed by atoms with Gasteiger partial charge >= 0.3 is 11.9 Å². The molecule has 2 saturated carbocycles. The number of hydrogen-bond acceptors (Lipinski definition) is 19. The molecule has 10 N–H and O–H groups in total. The van der Waals surface area contributed by atoms with Crippen LogP contribution in [0, 0.1) is 30.5 Å². The second kappa shape index (κ2) is 23.8. The fraction of sp³-hybridized carbons (Fsp3) is 0.541. The first-order valence-corrected chi connectivity index (χ1v) is 29.4. The zero-order chi connectivity index (χ0) is 61.3. The number of carboxylic acids is 1. The summed E-state index contributed by atoms with van der Waals surface area (Å²) in [6.45, 7) is 10.6. The normalized spacial score (nSPS) is 28.9. The van der Waals surface area contributed by atoms with Crippen molar-refractivity contribution >= 4 is 74.5 Å². The Balaban J connectivity index is 0.908. The first kappa shape index (κ1) is 61.2. The molecule has 6 heterocycles. The number of phenolic OH excluding ortho intramolecular Hbond substituents is 3. The first-order valence-electron chi connectivity index (χ1n) is 29.0. The standard InChI is InChI=1S/C61H75ClFN7O15/c1-28-9-8-10-29(2)58(79)66-47-38(54(76)42-43(55(47)77)51(73)31(4)56-44(42)57(78)60(6,85-56)83-22-16-36(82-7)23-41(84-32(5)71)30(3)52(74)46(64)50(28)72)25-65-69-20-14-34(15-21-69)67-61(17-18-61)33-13-19-68(26-33)49-40(63)24-37-48(45(49)62)70(35-11-12-35)27-39(53(37)75)59(80)81/h8-10,24-25,27-28,30,33-36,41,46,50,52,67,72-74,76-77H,11-23,26,64H2,1-7H3,(H,66,79)(H,80,81)/b9-8+,29-10-,65-25+/t28-,30-,33?,36-,41+,46+,50-,52-,60-/m0/s1. The van der Waals surface area contributed by atoms with Crippen LogP contribution in [0.15, 0.2) is 46.0 Å². The summed E-state index contributed by atoms with van der Waals surface area (Å²) in [6, 6.07) is -0.0586. The Hall–Kier alpha value is -6.86. The van der Waals surface area contributed by atoms with Crippen LogP contribution in [0.5, 0.6) is 23.0 Å². The number of halogens is 2. The van der Waals surface area contributed by atoms with Gasteiger partial charge < -0.3 is 75.4 Å². The quantitative estimate of drug-likeness (QED) is 0.0347. The molecular formula is C61H75ClFN7O15. The van der Waals surface area contributed by atoms with Crippen molar-refractivity contribution in [1.29, 1.82) is 0 Å². The number of carboxylic acid groups (broad SMARTS) is 1. The van der Waals surface area contributed by atoms with E-state index < -0.39 is 106 Å². The lowest BCUT2D eigenvalue weighted by Gasteiger charge is -2.35. The van der Waals surface area contributed by atoms with Crippen LogP contribution in [0.2, 0.25) is 5.02 Å². The number of aromatic nitrogens is 1. The van der Waals surface area contributed by atoms with E-state index in [1.165, 1.54) is 59.4 Å².